The molecule has 4 aromatic rings. The molecule has 0 aliphatic carbocycles. The van der Waals surface area contributed by atoms with Crippen LogP contribution in [0.4, 0.5) is 18.9 Å². The van der Waals surface area contributed by atoms with Crippen molar-refractivity contribution in [3.05, 3.63) is 70.3 Å². The first-order valence-electron chi connectivity index (χ1n) is 9.92. The number of pyridine rings is 1. The van der Waals surface area contributed by atoms with E-state index in [1.54, 1.807) is 19.1 Å². The van der Waals surface area contributed by atoms with Crippen LogP contribution in [0.25, 0.3) is 22.6 Å². The molecule has 34 heavy (non-hydrogen) atoms. The minimum absolute atomic E-state index is 0.00697. The maximum Gasteiger partial charge on any atom is 0.437 e. The number of fused-ring (bicyclic) bond motifs is 1. The Morgan fingerprint density at radius 1 is 1.15 bits per heavy atom. The molecule has 1 atom stereocenters. The highest BCUT2D eigenvalue weighted by Gasteiger charge is 2.40. The maximum absolute atomic E-state index is 13.5. The Bertz CT molecular complexity index is 1520. The number of anilines is 1. The van der Waals surface area contributed by atoms with Crippen LogP contribution in [0.3, 0.4) is 0 Å². The van der Waals surface area contributed by atoms with E-state index >= 15 is 0 Å². The molecule has 0 bridgehead atoms. The second kappa shape index (κ2) is 8.56. The summed E-state index contributed by atoms with van der Waals surface area (Å²) in [4.78, 5) is 21.7. The molecule has 0 saturated carbocycles. The first-order valence-corrected chi connectivity index (χ1v) is 11.8. The number of aromatic nitrogens is 4. The van der Waals surface area contributed by atoms with Crippen molar-refractivity contribution in [1.29, 1.82) is 0 Å². The number of halogens is 3. The topological polar surface area (TPSA) is 120 Å². The normalized spacial score (nSPS) is 13.2. The van der Waals surface area contributed by atoms with Crippen molar-refractivity contribution in [2.75, 3.05) is 11.0 Å². The van der Waals surface area contributed by atoms with Gasteiger partial charge < -0.3 is 4.52 Å². The van der Waals surface area contributed by atoms with Crippen molar-refractivity contribution in [2.24, 2.45) is 0 Å². The fraction of sp³-hybridized carbons (Fsp3) is 0.238. The molecule has 0 radical (unpaired) electrons. The second-order valence-corrected chi connectivity index (χ2v) is 9.38. The van der Waals surface area contributed by atoms with Gasteiger partial charge in [0.2, 0.25) is 15.7 Å². The monoisotopic (exact) mass is 493 g/mol. The summed E-state index contributed by atoms with van der Waals surface area (Å²) in [5.41, 5.74) is -2.39. The number of nitrogens with zero attached hydrogens (tertiary/aromatic N) is 4. The SMILES string of the molecule is C[C@H](Cc1ccccc1)n1c(-c2ncccc2NS(C)(=O)=O)nc2onc(C(F)(F)F)c2c1=O. The Hall–Kier alpha value is -3.74. The van der Waals surface area contributed by atoms with Gasteiger partial charge in [-0.3, -0.25) is 19.1 Å². The standard InChI is InChI=1S/C21H18F3N5O4S/c1-12(11-13-7-4-3-5-8-13)29-18(16-14(9-6-10-25-16)28-34(2,31)32)26-19-15(20(29)30)17(27-33-19)21(22,23)24/h3-10,12,28H,11H2,1-2H3/t12-/m1/s1. The summed E-state index contributed by atoms with van der Waals surface area (Å²) >= 11 is 0. The lowest BCUT2D eigenvalue weighted by Gasteiger charge is -2.20. The zero-order valence-electron chi connectivity index (χ0n) is 17.9. The number of rotatable bonds is 6. The molecule has 0 saturated heterocycles. The van der Waals surface area contributed by atoms with E-state index in [4.69, 9.17) is 4.52 Å². The van der Waals surface area contributed by atoms with Crippen LogP contribution in [0.1, 0.15) is 24.2 Å². The summed E-state index contributed by atoms with van der Waals surface area (Å²) in [5.74, 6) is -0.169. The number of alkyl halides is 3. The van der Waals surface area contributed by atoms with Crippen molar-refractivity contribution in [2.45, 2.75) is 25.6 Å². The zero-order valence-corrected chi connectivity index (χ0v) is 18.7. The summed E-state index contributed by atoms with van der Waals surface area (Å²) in [6, 6.07) is 11.2. The van der Waals surface area contributed by atoms with Gasteiger partial charge in [-0.1, -0.05) is 35.5 Å². The van der Waals surface area contributed by atoms with Crippen LogP contribution in [0, 0.1) is 0 Å². The van der Waals surface area contributed by atoms with Crippen molar-refractivity contribution in [3.63, 3.8) is 0 Å². The minimum Gasteiger partial charge on any atom is -0.335 e. The van der Waals surface area contributed by atoms with Gasteiger partial charge in [-0.2, -0.15) is 18.2 Å². The Kier molecular flexibility index (Phi) is 5.89. The van der Waals surface area contributed by atoms with Crippen LogP contribution in [0.15, 0.2) is 58.0 Å². The van der Waals surface area contributed by atoms with Gasteiger partial charge in [0.15, 0.2) is 5.82 Å². The Morgan fingerprint density at radius 3 is 2.50 bits per heavy atom. The van der Waals surface area contributed by atoms with E-state index in [-0.39, 0.29) is 23.6 Å². The molecule has 1 N–H and O–H groups in total. The smallest absolute Gasteiger partial charge is 0.335 e. The summed E-state index contributed by atoms with van der Waals surface area (Å²) in [5, 5.41) is 2.21. The van der Waals surface area contributed by atoms with Gasteiger partial charge in [0.05, 0.1) is 11.9 Å². The minimum atomic E-state index is -4.94. The maximum atomic E-state index is 13.5. The van der Waals surface area contributed by atoms with Gasteiger partial charge in [0.25, 0.3) is 11.3 Å². The van der Waals surface area contributed by atoms with Crippen LogP contribution in [0.5, 0.6) is 0 Å². The number of hydrogen-bond acceptors (Lipinski definition) is 7. The van der Waals surface area contributed by atoms with Crippen molar-refractivity contribution in [3.8, 4) is 11.5 Å². The highest BCUT2D eigenvalue weighted by molar-refractivity contribution is 7.92. The average Bonchev–Trinajstić information content (AvgIpc) is 3.18. The number of hydrogen-bond donors (Lipinski definition) is 1. The zero-order chi connectivity index (χ0) is 24.7. The molecular weight excluding hydrogens is 475 g/mol. The van der Waals surface area contributed by atoms with E-state index in [0.717, 1.165) is 16.4 Å². The third kappa shape index (κ3) is 4.64. The van der Waals surface area contributed by atoms with Crippen molar-refractivity contribution >= 4 is 26.8 Å². The molecule has 178 valence electrons. The lowest BCUT2D eigenvalue weighted by atomic mass is 10.1. The molecule has 0 fully saturated rings. The summed E-state index contributed by atoms with van der Waals surface area (Å²) in [6.45, 7) is 1.64. The van der Waals surface area contributed by atoms with Crippen LogP contribution >= 0.6 is 0 Å². The summed E-state index contributed by atoms with van der Waals surface area (Å²) in [6.07, 6.45) is -2.40. The van der Waals surface area contributed by atoms with Crippen LogP contribution in [0.2, 0.25) is 0 Å². The van der Waals surface area contributed by atoms with E-state index in [0.29, 0.717) is 0 Å². The van der Waals surface area contributed by atoms with Crippen LogP contribution in [-0.2, 0) is 22.6 Å². The van der Waals surface area contributed by atoms with E-state index in [9.17, 15) is 26.4 Å². The molecule has 0 unspecified atom stereocenters. The van der Waals surface area contributed by atoms with Crippen LogP contribution < -0.4 is 10.3 Å². The third-order valence-corrected chi connectivity index (χ3v) is 5.53. The van der Waals surface area contributed by atoms with Gasteiger partial charge in [-0.05, 0) is 31.0 Å². The highest BCUT2D eigenvalue weighted by atomic mass is 32.2. The van der Waals surface area contributed by atoms with E-state index in [1.165, 1.54) is 18.3 Å². The number of sulfonamides is 1. The summed E-state index contributed by atoms with van der Waals surface area (Å²) in [7, 11) is -3.75. The van der Waals surface area contributed by atoms with Gasteiger partial charge in [0.1, 0.15) is 11.1 Å². The second-order valence-electron chi connectivity index (χ2n) is 7.63. The molecule has 3 aromatic heterocycles. The molecule has 0 spiro atoms. The molecular formula is C21H18F3N5O4S. The fourth-order valence-corrected chi connectivity index (χ4v) is 4.16. The molecule has 13 heteroatoms. The summed E-state index contributed by atoms with van der Waals surface area (Å²) < 4.78 is 72.3. The van der Waals surface area contributed by atoms with E-state index in [2.05, 4.69) is 19.8 Å². The quantitative estimate of drug-likeness (QED) is 0.435. The largest absolute Gasteiger partial charge is 0.437 e. The van der Waals surface area contributed by atoms with E-state index in [1.807, 2.05) is 18.2 Å². The third-order valence-electron chi connectivity index (χ3n) is 4.94. The van der Waals surface area contributed by atoms with Gasteiger partial charge in [-0.15, -0.1) is 0 Å². The molecule has 0 aliphatic heterocycles. The van der Waals surface area contributed by atoms with Gasteiger partial charge in [0, 0.05) is 12.2 Å². The molecule has 4 rings (SSSR count). The number of nitrogens with one attached hydrogen (secondary N) is 1. The lowest BCUT2D eigenvalue weighted by molar-refractivity contribution is -0.141. The lowest BCUT2D eigenvalue weighted by Crippen LogP contribution is -2.29. The fourth-order valence-electron chi connectivity index (χ4n) is 3.60. The first-order chi connectivity index (χ1) is 16.0. The molecule has 1 aromatic carbocycles. The van der Waals surface area contributed by atoms with Crippen molar-refractivity contribution < 1.29 is 26.1 Å². The molecule has 0 amide bonds. The predicted octanol–water partition coefficient (Wildman–Crippen LogP) is 3.64. The molecule has 0 aliphatic rings. The Balaban J connectivity index is 2.00. The van der Waals surface area contributed by atoms with Crippen LogP contribution in [-0.4, -0.2) is 34.4 Å². The average molecular weight is 493 g/mol. The Morgan fingerprint density at radius 2 is 1.85 bits per heavy atom. The first kappa shape index (κ1) is 23.4. The molecule has 9 nitrogen and oxygen atoms in total. The van der Waals surface area contributed by atoms with Crippen molar-refractivity contribution in [1.82, 2.24) is 19.7 Å². The van der Waals surface area contributed by atoms with Gasteiger partial charge >= 0.3 is 6.18 Å². The van der Waals surface area contributed by atoms with E-state index < -0.39 is 44.6 Å². The molecule has 3 heterocycles. The highest BCUT2D eigenvalue weighted by Crippen LogP contribution is 2.34. The predicted molar refractivity (Wildman–Crippen MR) is 118 cm³/mol. The Labute approximate surface area is 191 Å². The number of benzene rings is 1. The van der Waals surface area contributed by atoms with Gasteiger partial charge in [-0.25, -0.2) is 8.42 Å².